The van der Waals surface area contributed by atoms with Crippen molar-refractivity contribution in [1.82, 2.24) is 15.5 Å². The first-order valence-electron chi connectivity index (χ1n) is 6.31. The van der Waals surface area contributed by atoms with Gasteiger partial charge in [-0.05, 0) is 29.7 Å². The molecule has 1 aromatic heterocycles. The smallest absolute Gasteiger partial charge is 0.244 e. The van der Waals surface area contributed by atoms with Crippen LogP contribution in [0.1, 0.15) is 23.7 Å². The molecule has 0 spiro atoms. The van der Waals surface area contributed by atoms with Crippen LogP contribution in [0.2, 0.25) is 0 Å². The fourth-order valence-corrected chi connectivity index (χ4v) is 1.66. The van der Waals surface area contributed by atoms with E-state index in [2.05, 4.69) is 34.6 Å². The minimum atomic E-state index is -0.117. The van der Waals surface area contributed by atoms with Crippen LogP contribution in [0.4, 0.5) is 0 Å². The number of benzene rings is 1. The monoisotopic (exact) mass is 255 g/mol. The summed E-state index contributed by atoms with van der Waals surface area (Å²) >= 11 is 0. The average Bonchev–Trinajstić information content (AvgIpc) is 2.96. The van der Waals surface area contributed by atoms with E-state index in [4.69, 9.17) is 0 Å². The predicted octanol–water partition coefficient (Wildman–Crippen LogP) is 2.30. The van der Waals surface area contributed by atoms with E-state index >= 15 is 0 Å². The fraction of sp³-hybridized carbons (Fsp3) is 0.200. The van der Waals surface area contributed by atoms with E-state index in [0.29, 0.717) is 6.54 Å². The SMILES string of the molecule is CCc1ccc(/C=C/C(=O)NCc2ccn[nH]2)cc1. The van der Waals surface area contributed by atoms with E-state index in [1.54, 1.807) is 6.20 Å². The third-order valence-corrected chi connectivity index (χ3v) is 2.83. The van der Waals surface area contributed by atoms with Gasteiger partial charge in [0.25, 0.3) is 0 Å². The molecule has 0 aliphatic rings. The van der Waals surface area contributed by atoms with E-state index < -0.39 is 0 Å². The molecular formula is C15H17N3O. The maximum Gasteiger partial charge on any atom is 0.244 e. The standard InChI is InChI=1S/C15H17N3O/c1-2-12-3-5-13(6-4-12)7-8-15(19)16-11-14-9-10-17-18-14/h3-10H,2,11H2,1H3,(H,16,19)(H,17,18)/b8-7+. The largest absolute Gasteiger partial charge is 0.347 e. The lowest BCUT2D eigenvalue weighted by Gasteiger charge is -1.99. The number of hydrogen-bond donors (Lipinski definition) is 2. The second-order valence-corrected chi connectivity index (χ2v) is 4.23. The second-order valence-electron chi connectivity index (χ2n) is 4.23. The third kappa shape index (κ3) is 4.10. The molecule has 4 heteroatoms. The Morgan fingerprint density at radius 2 is 2.11 bits per heavy atom. The van der Waals surface area contributed by atoms with Gasteiger partial charge in [-0.2, -0.15) is 5.10 Å². The summed E-state index contributed by atoms with van der Waals surface area (Å²) in [6.45, 7) is 2.58. The molecule has 1 aromatic carbocycles. The van der Waals surface area contributed by atoms with Crippen LogP contribution >= 0.6 is 0 Å². The molecule has 2 N–H and O–H groups in total. The zero-order chi connectivity index (χ0) is 13.5. The van der Waals surface area contributed by atoms with Crippen molar-refractivity contribution in [3.8, 4) is 0 Å². The quantitative estimate of drug-likeness (QED) is 0.805. The lowest BCUT2D eigenvalue weighted by molar-refractivity contribution is -0.116. The minimum absolute atomic E-state index is 0.117. The summed E-state index contributed by atoms with van der Waals surface area (Å²) in [5, 5.41) is 9.39. The van der Waals surface area contributed by atoms with Crippen LogP contribution in [0.15, 0.2) is 42.6 Å². The van der Waals surface area contributed by atoms with Crippen molar-refractivity contribution >= 4 is 12.0 Å². The van der Waals surface area contributed by atoms with Crippen molar-refractivity contribution in [3.63, 3.8) is 0 Å². The Morgan fingerprint density at radius 1 is 1.32 bits per heavy atom. The number of rotatable bonds is 5. The Kier molecular flexibility index (Phi) is 4.50. The number of carbonyl (C=O) groups excluding carboxylic acids is 1. The number of H-pyrrole nitrogens is 1. The number of aromatic nitrogens is 2. The molecule has 0 aliphatic heterocycles. The summed E-state index contributed by atoms with van der Waals surface area (Å²) < 4.78 is 0. The molecule has 0 fully saturated rings. The summed E-state index contributed by atoms with van der Waals surface area (Å²) in [6.07, 6.45) is 6.03. The maximum absolute atomic E-state index is 11.6. The lowest BCUT2D eigenvalue weighted by atomic mass is 10.1. The Labute approximate surface area is 112 Å². The Bertz CT molecular complexity index is 541. The van der Waals surface area contributed by atoms with E-state index in [0.717, 1.165) is 17.7 Å². The van der Waals surface area contributed by atoms with Gasteiger partial charge >= 0.3 is 0 Å². The number of aryl methyl sites for hydroxylation is 1. The first-order valence-corrected chi connectivity index (χ1v) is 6.31. The van der Waals surface area contributed by atoms with Gasteiger partial charge in [0.1, 0.15) is 0 Å². The molecule has 0 aliphatic carbocycles. The highest BCUT2D eigenvalue weighted by Gasteiger charge is 1.97. The van der Waals surface area contributed by atoms with E-state index in [-0.39, 0.29) is 5.91 Å². The predicted molar refractivity (Wildman–Crippen MR) is 75.3 cm³/mol. The summed E-state index contributed by atoms with van der Waals surface area (Å²) in [4.78, 5) is 11.6. The van der Waals surface area contributed by atoms with Crippen molar-refractivity contribution < 1.29 is 4.79 Å². The van der Waals surface area contributed by atoms with E-state index in [9.17, 15) is 4.79 Å². The lowest BCUT2D eigenvalue weighted by Crippen LogP contribution is -2.20. The molecule has 0 bridgehead atoms. The van der Waals surface area contributed by atoms with Gasteiger partial charge in [0.05, 0.1) is 12.2 Å². The average molecular weight is 255 g/mol. The van der Waals surface area contributed by atoms with Gasteiger partial charge in [0, 0.05) is 12.3 Å². The summed E-state index contributed by atoms with van der Waals surface area (Å²) in [5.41, 5.74) is 3.20. The van der Waals surface area contributed by atoms with Gasteiger partial charge in [-0.25, -0.2) is 0 Å². The fourth-order valence-electron chi connectivity index (χ4n) is 1.66. The van der Waals surface area contributed by atoms with Crippen molar-refractivity contribution in [2.75, 3.05) is 0 Å². The maximum atomic E-state index is 11.6. The van der Waals surface area contributed by atoms with Crippen LogP contribution in [-0.4, -0.2) is 16.1 Å². The molecule has 0 saturated carbocycles. The first kappa shape index (κ1) is 13.1. The van der Waals surface area contributed by atoms with Gasteiger partial charge in [-0.1, -0.05) is 31.2 Å². The highest BCUT2D eigenvalue weighted by Crippen LogP contribution is 2.06. The van der Waals surface area contributed by atoms with Gasteiger partial charge in [-0.3, -0.25) is 9.89 Å². The number of hydrogen-bond acceptors (Lipinski definition) is 2. The molecule has 98 valence electrons. The molecule has 1 heterocycles. The molecule has 1 amide bonds. The van der Waals surface area contributed by atoms with Crippen molar-refractivity contribution in [3.05, 3.63) is 59.4 Å². The van der Waals surface area contributed by atoms with Gasteiger partial charge in [0.15, 0.2) is 0 Å². The highest BCUT2D eigenvalue weighted by molar-refractivity contribution is 5.91. The molecule has 0 radical (unpaired) electrons. The molecular weight excluding hydrogens is 238 g/mol. The van der Waals surface area contributed by atoms with Crippen molar-refractivity contribution in [2.24, 2.45) is 0 Å². The van der Waals surface area contributed by atoms with Crippen LogP contribution in [0, 0.1) is 0 Å². The zero-order valence-corrected chi connectivity index (χ0v) is 10.9. The molecule has 0 atom stereocenters. The van der Waals surface area contributed by atoms with E-state index in [1.807, 2.05) is 24.3 Å². The highest BCUT2D eigenvalue weighted by atomic mass is 16.1. The molecule has 2 rings (SSSR count). The Morgan fingerprint density at radius 3 is 2.74 bits per heavy atom. The van der Waals surface area contributed by atoms with Crippen molar-refractivity contribution in [2.45, 2.75) is 19.9 Å². The molecule has 0 unspecified atom stereocenters. The summed E-state index contributed by atoms with van der Waals surface area (Å²) in [7, 11) is 0. The van der Waals surface area contributed by atoms with Crippen LogP contribution in [0.3, 0.4) is 0 Å². The van der Waals surface area contributed by atoms with Crippen LogP contribution in [0.5, 0.6) is 0 Å². The number of nitrogens with zero attached hydrogens (tertiary/aromatic N) is 1. The minimum Gasteiger partial charge on any atom is -0.347 e. The Balaban J connectivity index is 1.85. The van der Waals surface area contributed by atoms with Gasteiger partial charge < -0.3 is 5.32 Å². The van der Waals surface area contributed by atoms with Crippen molar-refractivity contribution in [1.29, 1.82) is 0 Å². The molecule has 2 aromatic rings. The number of amides is 1. The van der Waals surface area contributed by atoms with Crippen LogP contribution in [0.25, 0.3) is 6.08 Å². The third-order valence-electron chi connectivity index (χ3n) is 2.83. The normalized spacial score (nSPS) is 10.8. The molecule has 4 nitrogen and oxygen atoms in total. The number of carbonyl (C=O) groups is 1. The number of nitrogens with one attached hydrogen (secondary N) is 2. The summed E-state index contributed by atoms with van der Waals surface area (Å²) in [5.74, 6) is -0.117. The zero-order valence-electron chi connectivity index (χ0n) is 10.9. The molecule has 0 saturated heterocycles. The van der Waals surface area contributed by atoms with E-state index in [1.165, 1.54) is 11.6 Å². The van der Waals surface area contributed by atoms with Gasteiger partial charge in [-0.15, -0.1) is 0 Å². The number of aromatic amines is 1. The first-order chi connectivity index (χ1) is 9.28. The van der Waals surface area contributed by atoms with Crippen LogP contribution in [-0.2, 0) is 17.8 Å². The Hall–Kier alpha value is -2.36. The van der Waals surface area contributed by atoms with Crippen LogP contribution < -0.4 is 5.32 Å². The topological polar surface area (TPSA) is 57.8 Å². The molecule has 19 heavy (non-hydrogen) atoms. The summed E-state index contributed by atoms with van der Waals surface area (Å²) in [6, 6.07) is 9.99. The van der Waals surface area contributed by atoms with Gasteiger partial charge in [0.2, 0.25) is 5.91 Å². The second kappa shape index (κ2) is 6.54.